The Labute approximate surface area is 195 Å². The Morgan fingerprint density at radius 2 is 1.73 bits per heavy atom. The molecule has 7 heteroatoms. The summed E-state index contributed by atoms with van der Waals surface area (Å²) in [6.07, 6.45) is 4.35. The largest absolute Gasteiger partial charge is 0.507 e. The molecule has 1 amide bonds. The number of rotatable bonds is 7. The Morgan fingerprint density at radius 1 is 1.06 bits per heavy atom. The molecule has 1 saturated heterocycles. The highest BCUT2D eigenvalue weighted by molar-refractivity contribution is 5.99. The first-order valence-corrected chi connectivity index (χ1v) is 11.6. The van der Waals surface area contributed by atoms with Crippen LogP contribution in [0.4, 0.5) is 11.5 Å². The van der Waals surface area contributed by atoms with Gasteiger partial charge in [-0.1, -0.05) is 24.3 Å². The van der Waals surface area contributed by atoms with Gasteiger partial charge in [0.15, 0.2) is 5.82 Å². The summed E-state index contributed by atoms with van der Waals surface area (Å²) in [4.78, 5) is 14.7. The standard InChI is InChI=1S/C26H33N5O2/c1-16-11-19(7-8-22(16)31-9-5-4-6-10-31)14-21-23(25(27)33)26(30-29-21)28-15-20-12-17(2)24(32)18(3)13-20/h7-8,11-13,32H,4-6,9-10,14-15H2,1-3H3,(H2,27,33)(H2,28,29,30). The van der Waals surface area contributed by atoms with Gasteiger partial charge in [-0.05, 0) is 73.9 Å². The van der Waals surface area contributed by atoms with Crippen molar-refractivity contribution in [3.63, 3.8) is 0 Å². The van der Waals surface area contributed by atoms with E-state index >= 15 is 0 Å². The van der Waals surface area contributed by atoms with Crippen LogP contribution in [0.3, 0.4) is 0 Å². The van der Waals surface area contributed by atoms with E-state index in [9.17, 15) is 9.90 Å². The molecule has 0 radical (unpaired) electrons. The third-order valence-corrected chi connectivity index (χ3v) is 6.44. The number of hydrogen-bond donors (Lipinski definition) is 4. The molecule has 1 aromatic heterocycles. The van der Waals surface area contributed by atoms with E-state index < -0.39 is 5.91 Å². The number of phenols is 1. The number of aryl methyl sites for hydroxylation is 3. The van der Waals surface area contributed by atoms with E-state index in [0.717, 1.165) is 35.3 Å². The zero-order chi connectivity index (χ0) is 23.5. The molecule has 3 aromatic rings. The van der Waals surface area contributed by atoms with E-state index in [1.807, 2.05) is 26.0 Å². The fourth-order valence-electron chi connectivity index (χ4n) is 4.75. The number of aromatic amines is 1. The zero-order valence-electron chi connectivity index (χ0n) is 19.7. The van der Waals surface area contributed by atoms with Gasteiger partial charge in [-0.2, -0.15) is 5.10 Å². The molecule has 0 atom stereocenters. The molecule has 2 heterocycles. The Hall–Kier alpha value is -3.48. The molecule has 5 N–H and O–H groups in total. The molecule has 0 aliphatic carbocycles. The van der Waals surface area contributed by atoms with Crippen LogP contribution in [0.15, 0.2) is 30.3 Å². The number of nitrogens with one attached hydrogen (secondary N) is 2. The summed E-state index contributed by atoms with van der Waals surface area (Å²) < 4.78 is 0. The highest BCUT2D eigenvalue weighted by Crippen LogP contribution is 2.27. The minimum absolute atomic E-state index is 0.306. The number of nitrogens with zero attached hydrogens (tertiary/aromatic N) is 2. The van der Waals surface area contributed by atoms with Crippen molar-refractivity contribution >= 4 is 17.4 Å². The average molecular weight is 448 g/mol. The smallest absolute Gasteiger partial charge is 0.254 e. The number of aromatic nitrogens is 2. The number of primary amides is 1. The molecule has 0 bridgehead atoms. The molecule has 174 valence electrons. The first-order chi connectivity index (χ1) is 15.8. The van der Waals surface area contributed by atoms with Gasteiger partial charge in [0.05, 0.1) is 5.69 Å². The van der Waals surface area contributed by atoms with Crippen LogP contribution in [0.2, 0.25) is 0 Å². The van der Waals surface area contributed by atoms with E-state index in [1.165, 1.54) is 30.5 Å². The van der Waals surface area contributed by atoms with Crippen molar-refractivity contribution in [1.29, 1.82) is 0 Å². The van der Waals surface area contributed by atoms with E-state index in [-0.39, 0.29) is 0 Å². The molecular formula is C26H33N5O2. The van der Waals surface area contributed by atoms with Crippen LogP contribution in [-0.4, -0.2) is 34.3 Å². The second kappa shape index (κ2) is 9.57. The van der Waals surface area contributed by atoms with E-state index in [2.05, 4.69) is 45.5 Å². The van der Waals surface area contributed by atoms with Crippen LogP contribution >= 0.6 is 0 Å². The van der Waals surface area contributed by atoms with Gasteiger partial charge in [0.2, 0.25) is 0 Å². The number of anilines is 2. The number of benzene rings is 2. The predicted octanol–water partition coefficient (Wildman–Crippen LogP) is 4.33. The van der Waals surface area contributed by atoms with Crippen LogP contribution in [0.25, 0.3) is 0 Å². The highest BCUT2D eigenvalue weighted by atomic mass is 16.3. The number of aromatic hydroxyl groups is 1. The number of piperidine rings is 1. The van der Waals surface area contributed by atoms with Crippen molar-refractivity contribution in [3.05, 3.63) is 69.4 Å². The van der Waals surface area contributed by atoms with Crippen LogP contribution in [0, 0.1) is 20.8 Å². The summed E-state index contributed by atoms with van der Waals surface area (Å²) in [6.45, 7) is 8.57. The summed E-state index contributed by atoms with van der Waals surface area (Å²) in [5.41, 5.74) is 13.1. The summed E-state index contributed by atoms with van der Waals surface area (Å²) in [7, 11) is 0. The molecule has 7 nitrogen and oxygen atoms in total. The summed E-state index contributed by atoms with van der Waals surface area (Å²) in [5.74, 6) is 0.240. The molecule has 1 aliphatic heterocycles. The number of H-pyrrole nitrogens is 1. The van der Waals surface area contributed by atoms with E-state index in [0.29, 0.717) is 35.8 Å². The Morgan fingerprint density at radius 3 is 2.36 bits per heavy atom. The van der Waals surface area contributed by atoms with Crippen molar-refractivity contribution < 1.29 is 9.90 Å². The summed E-state index contributed by atoms with van der Waals surface area (Å²) >= 11 is 0. The van der Waals surface area contributed by atoms with E-state index in [4.69, 9.17) is 5.73 Å². The first-order valence-electron chi connectivity index (χ1n) is 11.6. The molecule has 4 rings (SSSR count). The van der Waals surface area contributed by atoms with Crippen LogP contribution in [-0.2, 0) is 13.0 Å². The van der Waals surface area contributed by atoms with Crippen molar-refractivity contribution in [2.45, 2.75) is 53.0 Å². The lowest BCUT2D eigenvalue weighted by Gasteiger charge is -2.30. The second-order valence-electron chi connectivity index (χ2n) is 9.07. The Bertz CT molecular complexity index is 1140. The molecule has 1 fully saturated rings. The molecule has 0 saturated carbocycles. The topological polar surface area (TPSA) is 107 Å². The second-order valence-corrected chi connectivity index (χ2v) is 9.07. The number of carbonyl (C=O) groups excluding carboxylic acids is 1. The molecule has 2 aromatic carbocycles. The van der Waals surface area contributed by atoms with Crippen molar-refractivity contribution in [1.82, 2.24) is 10.2 Å². The first kappa shape index (κ1) is 22.7. The lowest BCUT2D eigenvalue weighted by Crippen LogP contribution is -2.29. The molecule has 0 unspecified atom stereocenters. The van der Waals surface area contributed by atoms with Crippen LogP contribution < -0.4 is 16.0 Å². The Balaban J connectivity index is 1.51. The van der Waals surface area contributed by atoms with Crippen LogP contribution in [0.1, 0.15) is 63.1 Å². The Kier molecular flexibility index (Phi) is 6.58. The molecular weight excluding hydrogens is 414 g/mol. The van der Waals surface area contributed by atoms with Gasteiger partial charge in [0, 0.05) is 31.7 Å². The van der Waals surface area contributed by atoms with Crippen LogP contribution in [0.5, 0.6) is 5.75 Å². The summed E-state index contributed by atoms with van der Waals surface area (Å²) in [6, 6.07) is 10.3. The summed E-state index contributed by atoms with van der Waals surface area (Å²) in [5, 5.41) is 20.5. The lowest BCUT2D eigenvalue weighted by molar-refractivity contribution is 0.100. The number of hydrogen-bond acceptors (Lipinski definition) is 5. The lowest BCUT2D eigenvalue weighted by atomic mass is 10.0. The maximum absolute atomic E-state index is 12.3. The predicted molar refractivity (Wildman–Crippen MR) is 132 cm³/mol. The molecule has 33 heavy (non-hydrogen) atoms. The van der Waals surface area contributed by atoms with Gasteiger partial charge in [0.25, 0.3) is 5.91 Å². The number of carbonyl (C=O) groups is 1. The third-order valence-electron chi connectivity index (χ3n) is 6.44. The number of nitrogens with two attached hydrogens (primary N) is 1. The highest BCUT2D eigenvalue weighted by Gasteiger charge is 2.19. The zero-order valence-corrected chi connectivity index (χ0v) is 19.7. The van der Waals surface area contributed by atoms with Gasteiger partial charge >= 0.3 is 0 Å². The SMILES string of the molecule is Cc1cc(Cc2[nH]nc(NCc3cc(C)c(O)c(C)c3)c2C(N)=O)ccc1N1CCCCC1. The van der Waals surface area contributed by atoms with Crippen molar-refractivity contribution in [3.8, 4) is 5.75 Å². The van der Waals surface area contributed by atoms with Crippen molar-refractivity contribution in [2.75, 3.05) is 23.3 Å². The fourth-order valence-corrected chi connectivity index (χ4v) is 4.75. The van der Waals surface area contributed by atoms with E-state index in [1.54, 1.807) is 0 Å². The molecule has 0 spiro atoms. The number of phenolic OH excluding ortho intramolecular Hbond substituents is 1. The van der Waals surface area contributed by atoms with Crippen molar-refractivity contribution in [2.24, 2.45) is 5.73 Å². The van der Waals surface area contributed by atoms with Gasteiger partial charge in [-0.3, -0.25) is 9.89 Å². The van der Waals surface area contributed by atoms with Gasteiger partial charge in [-0.25, -0.2) is 0 Å². The number of amides is 1. The minimum Gasteiger partial charge on any atom is -0.507 e. The average Bonchev–Trinajstić information content (AvgIpc) is 3.19. The van der Waals surface area contributed by atoms with Gasteiger partial charge in [0.1, 0.15) is 11.3 Å². The third kappa shape index (κ3) is 4.97. The fraction of sp³-hybridized carbons (Fsp3) is 0.385. The normalized spacial score (nSPS) is 13.8. The monoisotopic (exact) mass is 447 g/mol. The van der Waals surface area contributed by atoms with Gasteiger partial charge in [-0.15, -0.1) is 0 Å². The van der Waals surface area contributed by atoms with Gasteiger partial charge < -0.3 is 21.1 Å². The molecule has 1 aliphatic rings. The minimum atomic E-state index is -0.513. The maximum atomic E-state index is 12.3. The maximum Gasteiger partial charge on any atom is 0.254 e. The quantitative estimate of drug-likeness (QED) is 0.431.